The van der Waals surface area contributed by atoms with E-state index in [0.29, 0.717) is 16.1 Å². The standard InChI is InChI=1S/C23H21ClN4O2/c1-3-15-6-4-5-7-19(15)26-20(29)13-28-14-25-21-18(12-27(2)22(21)23(28)30)16-8-10-17(24)11-9-16/h4-12,14H,3,13H2,1-2H3,(H,26,29). The summed E-state index contributed by atoms with van der Waals surface area (Å²) in [5.41, 5.74) is 4.35. The molecule has 0 radical (unpaired) electrons. The van der Waals surface area contributed by atoms with Gasteiger partial charge in [0.2, 0.25) is 5.91 Å². The lowest BCUT2D eigenvalue weighted by molar-refractivity contribution is -0.116. The summed E-state index contributed by atoms with van der Waals surface area (Å²) < 4.78 is 3.08. The van der Waals surface area contributed by atoms with Crippen LogP contribution >= 0.6 is 11.6 Å². The lowest BCUT2D eigenvalue weighted by Crippen LogP contribution is -2.28. The number of benzene rings is 2. The average molecular weight is 421 g/mol. The van der Waals surface area contributed by atoms with E-state index in [1.807, 2.05) is 49.5 Å². The Morgan fingerprint density at radius 3 is 2.60 bits per heavy atom. The fourth-order valence-corrected chi connectivity index (χ4v) is 3.69. The van der Waals surface area contributed by atoms with E-state index in [4.69, 9.17) is 11.6 Å². The Morgan fingerprint density at radius 2 is 1.87 bits per heavy atom. The number of carbonyl (C=O) groups excluding carboxylic acids is 1. The van der Waals surface area contributed by atoms with Gasteiger partial charge in [0.25, 0.3) is 5.56 Å². The lowest BCUT2D eigenvalue weighted by atomic mass is 10.1. The molecule has 0 bridgehead atoms. The second-order valence-corrected chi connectivity index (χ2v) is 7.53. The molecule has 0 fully saturated rings. The molecule has 4 aromatic rings. The molecule has 30 heavy (non-hydrogen) atoms. The summed E-state index contributed by atoms with van der Waals surface area (Å²) in [6.07, 6.45) is 4.10. The fourth-order valence-electron chi connectivity index (χ4n) is 3.56. The molecule has 0 spiro atoms. The number of nitrogens with one attached hydrogen (secondary N) is 1. The van der Waals surface area contributed by atoms with Crippen molar-refractivity contribution < 1.29 is 4.79 Å². The van der Waals surface area contributed by atoms with Crippen molar-refractivity contribution in [2.45, 2.75) is 19.9 Å². The number of aromatic nitrogens is 3. The molecular weight excluding hydrogens is 400 g/mol. The highest BCUT2D eigenvalue weighted by Crippen LogP contribution is 2.28. The fraction of sp³-hybridized carbons (Fsp3) is 0.174. The summed E-state index contributed by atoms with van der Waals surface area (Å²) in [7, 11) is 1.80. The van der Waals surface area contributed by atoms with Gasteiger partial charge in [-0.3, -0.25) is 14.2 Å². The maximum absolute atomic E-state index is 13.1. The van der Waals surface area contributed by atoms with Gasteiger partial charge < -0.3 is 9.88 Å². The molecule has 152 valence electrons. The van der Waals surface area contributed by atoms with E-state index in [1.165, 1.54) is 10.9 Å². The van der Waals surface area contributed by atoms with Gasteiger partial charge in [-0.25, -0.2) is 4.98 Å². The smallest absolute Gasteiger partial charge is 0.278 e. The number of hydrogen-bond acceptors (Lipinski definition) is 3. The van der Waals surface area contributed by atoms with Crippen LogP contribution in [0, 0.1) is 0 Å². The lowest BCUT2D eigenvalue weighted by Gasteiger charge is -2.11. The van der Waals surface area contributed by atoms with Crippen LogP contribution in [0.2, 0.25) is 5.02 Å². The first-order valence-corrected chi connectivity index (χ1v) is 10.0. The zero-order chi connectivity index (χ0) is 21.3. The number of fused-ring (bicyclic) bond motifs is 1. The van der Waals surface area contributed by atoms with Gasteiger partial charge in [0.05, 0.1) is 6.33 Å². The van der Waals surface area contributed by atoms with Crippen LogP contribution in [0.3, 0.4) is 0 Å². The highest BCUT2D eigenvalue weighted by molar-refractivity contribution is 6.30. The van der Waals surface area contributed by atoms with E-state index in [-0.39, 0.29) is 18.0 Å². The molecule has 0 saturated carbocycles. The third-order valence-electron chi connectivity index (χ3n) is 5.09. The van der Waals surface area contributed by atoms with Crippen molar-refractivity contribution in [2.24, 2.45) is 7.05 Å². The van der Waals surface area contributed by atoms with Crippen LogP contribution in [-0.2, 0) is 24.8 Å². The van der Waals surface area contributed by atoms with Crippen molar-refractivity contribution in [3.8, 4) is 11.1 Å². The Hall–Kier alpha value is -3.38. The number of amides is 1. The number of carbonyl (C=O) groups is 1. The maximum atomic E-state index is 13.1. The predicted octanol–water partition coefficient (Wildman–Crippen LogP) is 4.26. The van der Waals surface area contributed by atoms with Gasteiger partial charge in [-0.2, -0.15) is 0 Å². The molecule has 0 aliphatic rings. The summed E-state index contributed by atoms with van der Waals surface area (Å²) in [6.45, 7) is 1.92. The van der Waals surface area contributed by atoms with Gasteiger partial charge >= 0.3 is 0 Å². The zero-order valence-corrected chi connectivity index (χ0v) is 17.5. The Kier molecular flexibility index (Phi) is 5.42. The Morgan fingerprint density at radius 1 is 1.13 bits per heavy atom. The Balaban J connectivity index is 1.65. The second kappa shape index (κ2) is 8.16. The van der Waals surface area contributed by atoms with E-state index >= 15 is 0 Å². The molecule has 0 saturated heterocycles. The van der Waals surface area contributed by atoms with Crippen molar-refractivity contribution in [3.63, 3.8) is 0 Å². The minimum atomic E-state index is -0.272. The minimum Gasteiger partial charge on any atom is -0.344 e. The number of rotatable bonds is 5. The van der Waals surface area contributed by atoms with Gasteiger partial charge in [-0.1, -0.05) is 48.9 Å². The molecule has 0 atom stereocenters. The van der Waals surface area contributed by atoms with Crippen molar-refractivity contribution in [3.05, 3.63) is 82.0 Å². The monoisotopic (exact) mass is 420 g/mol. The predicted molar refractivity (Wildman–Crippen MR) is 120 cm³/mol. The number of para-hydroxylation sites is 1. The first kappa shape index (κ1) is 19.9. The Labute approximate surface area is 178 Å². The number of anilines is 1. The number of hydrogen-bond donors (Lipinski definition) is 1. The normalized spacial score (nSPS) is 11.0. The first-order valence-electron chi connectivity index (χ1n) is 9.66. The summed E-state index contributed by atoms with van der Waals surface area (Å²) >= 11 is 5.98. The van der Waals surface area contributed by atoms with Crippen LogP contribution in [0.25, 0.3) is 22.2 Å². The molecule has 0 aliphatic heterocycles. The van der Waals surface area contributed by atoms with Crippen LogP contribution < -0.4 is 10.9 Å². The summed E-state index contributed by atoms with van der Waals surface area (Å²) in [6, 6.07) is 15.0. The van der Waals surface area contributed by atoms with Crippen LogP contribution in [-0.4, -0.2) is 20.0 Å². The number of halogens is 1. The topological polar surface area (TPSA) is 68.9 Å². The highest BCUT2D eigenvalue weighted by Gasteiger charge is 2.16. The third kappa shape index (κ3) is 3.74. The number of nitrogens with zero attached hydrogens (tertiary/aromatic N) is 3. The summed E-state index contributed by atoms with van der Waals surface area (Å²) in [5.74, 6) is -0.272. The molecule has 0 aliphatic carbocycles. The molecule has 6 nitrogen and oxygen atoms in total. The van der Waals surface area contributed by atoms with Gasteiger partial charge in [-0.15, -0.1) is 0 Å². The van der Waals surface area contributed by atoms with Crippen LogP contribution in [0.15, 0.2) is 65.8 Å². The first-order chi connectivity index (χ1) is 14.5. The zero-order valence-electron chi connectivity index (χ0n) is 16.7. The van der Waals surface area contributed by atoms with E-state index in [0.717, 1.165) is 28.8 Å². The molecule has 1 amide bonds. The summed E-state index contributed by atoms with van der Waals surface area (Å²) in [5, 5.41) is 3.53. The van der Waals surface area contributed by atoms with Crippen LogP contribution in [0.1, 0.15) is 12.5 Å². The van der Waals surface area contributed by atoms with Crippen molar-refractivity contribution in [1.82, 2.24) is 14.1 Å². The average Bonchev–Trinajstić information content (AvgIpc) is 3.08. The molecular formula is C23H21ClN4O2. The van der Waals surface area contributed by atoms with E-state index in [1.54, 1.807) is 23.7 Å². The number of aryl methyl sites for hydroxylation is 2. The van der Waals surface area contributed by atoms with Crippen LogP contribution in [0.5, 0.6) is 0 Å². The molecule has 0 unspecified atom stereocenters. The van der Waals surface area contributed by atoms with Crippen LogP contribution in [0.4, 0.5) is 5.69 Å². The van der Waals surface area contributed by atoms with Crippen molar-refractivity contribution in [1.29, 1.82) is 0 Å². The molecule has 2 aromatic heterocycles. The third-order valence-corrected chi connectivity index (χ3v) is 5.34. The minimum absolute atomic E-state index is 0.110. The second-order valence-electron chi connectivity index (χ2n) is 7.09. The largest absolute Gasteiger partial charge is 0.344 e. The highest BCUT2D eigenvalue weighted by atomic mass is 35.5. The van der Waals surface area contributed by atoms with Crippen molar-refractivity contribution in [2.75, 3.05) is 5.32 Å². The SMILES string of the molecule is CCc1ccccc1NC(=O)Cn1cnc2c(-c3ccc(Cl)cc3)cn(C)c2c1=O. The van der Waals surface area contributed by atoms with E-state index in [2.05, 4.69) is 10.3 Å². The molecule has 1 N–H and O–H groups in total. The van der Waals surface area contributed by atoms with Gasteiger partial charge in [0.1, 0.15) is 17.6 Å². The van der Waals surface area contributed by atoms with Gasteiger partial charge in [0, 0.05) is 29.5 Å². The van der Waals surface area contributed by atoms with E-state index < -0.39 is 0 Å². The van der Waals surface area contributed by atoms with Gasteiger partial charge in [-0.05, 0) is 35.7 Å². The van der Waals surface area contributed by atoms with Gasteiger partial charge in [0.15, 0.2) is 0 Å². The molecule has 2 heterocycles. The maximum Gasteiger partial charge on any atom is 0.278 e. The quantitative estimate of drug-likeness (QED) is 0.524. The molecule has 4 rings (SSSR count). The summed E-state index contributed by atoms with van der Waals surface area (Å²) in [4.78, 5) is 30.1. The molecule has 2 aromatic carbocycles. The van der Waals surface area contributed by atoms with E-state index in [9.17, 15) is 9.59 Å². The molecule has 7 heteroatoms. The Bertz CT molecular complexity index is 1290. The van der Waals surface area contributed by atoms with Crippen molar-refractivity contribution >= 4 is 34.2 Å².